The molecule has 700 valence electrons. The summed E-state index contributed by atoms with van der Waals surface area (Å²) >= 11 is 0. The molecule has 0 amide bonds. The summed E-state index contributed by atoms with van der Waals surface area (Å²) < 4.78 is 9.50. The highest BCUT2D eigenvalue weighted by atomic mass is 15.0. The van der Waals surface area contributed by atoms with Gasteiger partial charge in [-0.25, -0.2) is 0 Å². The van der Waals surface area contributed by atoms with Gasteiger partial charge in [-0.15, -0.1) is 0 Å². The van der Waals surface area contributed by atoms with Gasteiger partial charge in [0.05, 0.1) is 55.0 Å². The molecule has 0 N–H and O–H groups in total. The molecule has 4 heteroatoms. The van der Waals surface area contributed by atoms with Gasteiger partial charge in [0.25, 0.3) is 0 Å². The van der Waals surface area contributed by atoms with Crippen LogP contribution in [0.15, 0.2) is 473 Å². The van der Waals surface area contributed by atoms with Gasteiger partial charge in [-0.2, -0.15) is 0 Å². The third-order valence-electron chi connectivity index (χ3n) is 30.8. The van der Waals surface area contributed by atoms with Crippen LogP contribution in [0, 0.1) is 0 Å². The maximum atomic E-state index is 2.40. The first-order valence-electron chi connectivity index (χ1n) is 51.7. The molecule has 0 bridgehead atoms. The van der Waals surface area contributed by atoms with E-state index >= 15 is 0 Å². The fraction of sp³-hybridized carbons (Fsp3) is 0.143. The Labute approximate surface area is 847 Å². The van der Waals surface area contributed by atoms with Crippen LogP contribution in [0.5, 0.6) is 0 Å². The first-order valence-corrected chi connectivity index (χ1v) is 51.7. The van der Waals surface area contributed by atoms with Gasteiger partial charge >= 0.3 is 0 Å². The molecule has 0 atom stereocenters. The molecule has 4 nitrogen and oxygen atoms in total. The van der Waals surface area contributed by atoms with E-state index < -0.39 is 0 Å². The second-order valence-electron chi connectivity index (χ2n) is 41.0. The molecule has 0 radical (unpaired) electrons. The molecule has 4 heterocycles. The average molecular weight is 1860 g/mol. The minimum atomic E-state index is -0.208. The van der Waals surface area contributed by atoms with Gasteiger partial charge in [-0.05, 0) is 255 Å². The molecule has 4 aliphatic rings. The smallest absolute Gasteiger partial charge is 0.0728 e. The Morgan fingerprint density at radius 2 is 0.458 bits per heavy atom. The minimum absolute atomic E-state index is 0.204. The second-order valence-corrected chi connectivity index (χ2v) is 41.0. The molecule has 4 aliphatic carbocycles. The molecule has 0 aliphatic heterocycles. The fourth-order valence-electron chi connectivity index (χ4n) is 24.5. The van der Waals surface area contributed by atoms with E-state index in [1.807, 2.05) is 0 Å². The predicted octanol–water partition coefficient (Wildman–Crippen LogP) is 37.9. The van der Waals surface area contributed by atoms with Gasteiger partial charge in [-0.1, -0.05) is 459 Å². The zero-order chi connectivity index (χ0) is 98.2. The molecular weight excluding hydrogens is 1740 g/mol. The fourth-order valence-corrected chi connectivity index (χ4v) is 24.5. The van der Waals surface area contributed by atoms with Crippen LogP contribution < -0.4 is 0 Å². The normalized spacial score (nSPS) is 12.8. The molecule has 0 fully saturated rings. The van der Waals surface area contributed by atoms with Crippen molar-refractivity contribution in [1.29, 1.82) is 0 Å². The number of aromatic nitrogens is 4. The molecule has 20 aromatic carbocycles. The number of fused-ring (bicyclic) bond motifs is 32. The van der Waals surface area contributed by atoms with Crippen molar-refractivity contribution in [2.45, 2.75) is 129 Å². The van der Waals surface area contributed by atoms with Gasteiger partial charge < -0.3 is 18.3 Å². The van der Waals surface area contributed by atoms with Crippen LogP contribution in [-0.4, -0.2) is 18.3 Å². The van der Waals surface area contributed by atoms with Crippen molar-refractivity contribution in [2.75, 3.05) is 0 Å². The van der Waals surface area contributed by atoms with Crippen LogP contribution in [-0.2, 0) is 10.8 Å². The van der Waals surface area contributed by atoms with Crippen molar-refractivity contribution in [3.05, 3.63) is 551 Å². The number of rotatable bonds is 10. The summed E-state index contributed by atoms with van der Waals surface area (Å²) in [5, 5.41) is 10.7. The summed E-state index contributed by atoms with van der Waals surface area (Å²) in [6.07, 6.45) is 0. The zero-order valence-electron chi connectivity index (χ0n) is 84.3. The molecule has 24 aromatic rings. The lowest BCUT2D eigenvalue weighted by Gasteiger charge is -2.32. The van der Waals surface area contributed by atoms with Gasteiger partial charge in [0.2, 0.25) is 0 Å². The first-order chi connectivity index (χ1) is 70.5. The zero-order valence-corrected chi connectivity index (χ0v) is 84.3. The summed E-state index contributed by atoms with van der Waals surface area (Å²) in [5.74, 6) is 3.05. The lowest BCUT2D eigenvalue weighted by Crippen LogP contribution is -2.27. The molecule has 0 saturated heterocycles. The van der Waals surface area contributed by atoms with Crippen molar-refractivity contribution < 1.29 is 0 Å². The third-order valence-corrected chi connectivity index (χ3v) is 30.8. The predicted molar refractivity (Wildman–Crippen MR) is 613 cm³/mol. The van der Waals surface area contributed by atoms with Gasteiger partial charge in [0.1, 0.15) is 0 Å². The molecule has 144 heavy (non-hydrogen) atoms. The van der Waals surface area contributed by atoms with E-state index in [4.69, 9.17) is 0 Å². The molecule has 28 rings (SSSR count). The Kier molecular flexibility index (Phi) is 24.0. The number of para-hydroxylation sites is 9. The van der Waals surface area contributed by atoms with Crippen molar-refractivity contribution >= 4 is 87.2 Å². The van der Waals surface area contributed by atoms with Gasteiger partial charge in [0.15, 0.2) is 0 Å². The Morgan fingerprint density at radius 3 is 0.944 bits per heavy atom. The Morgan fingerprint density at radius 1 is 0.167 bits per heavy atom. The Balaban J connectivity index is 0.0000000960. The highest BCUT2D eigenvalue weighted by Gasteiger charge is 2.54. The van der Waals surface area contributed by atoms with Crippen LogP contribution in [0.3, 0.4) is 0 Å². The number of nitrogens with zero attached hydrogens (tertiary/aromatic N) is 4. The summed E-state index contributed by atoms with van der Waals surface area (Å²) in [6.45, 7) is 27.3. The summed E-state index contributed by atoms with van der Waals surface area (Å²) in [5.41, 5.74) is 45.8. The topological polar surface area (TPSA) is 19.7 Å². The van der Waals surface area contributed by atoms with E-state index in [1.54, 1.807) is 0 Å². The van der Waals surface area contributed by atoms with Gasteiger partial charge in [0, 0.05) is 65.8 Å². The Hall–Kier alpha value is -16.4. The van der Waals surface area contributed by atoms with E-state index in [2.05, 4.69) is 575 Å². The highest BCUT2D eigenvalue weighted by Crippen LogP contribution is 2.66. The first kappa shape index (κ1) is 91.4. The van der Waals surface area contributed by atoms with E-state index in [0.717, 1.165) is 0 Å². The standard InChI is InChI=1S/2C28H22.4C21H19N/c1-18(2)19-13-9-14-23-22-12-5-8-17-26(22)28(27(19)23)24-15-6-3-10-20(24)21-11-4-7-16-25(21)28;1-18(2)19-13-9-17-26-27(19)22-12-5-8-16-25(22)28(26)23-14-6-3-10-20(23)21-11-4-7-15-24(21)28;1-15(2)17-12-8-13-19-18-11-6-7-14-20(18)22(21(17)19)16-9-4-3-5-10-16;1-15(2)17-12-8-14-20-21(17)18-11-6-7-13-19(18)22(20)16-9-4-3-5-10-16;1-15(2)16-12-13-21-19(14-16)18-10-6-7-11-20(18)22(21)17-8-4-3-5-9-17;1-15(2)16-12-13-19-18-10-6-7-11-20(18)22(21(19)14-16)17-8-4-3-5-9-17/h2*3-18H,1-2H3;4*3-15H,1-2H3. The van der Waals surface area contributed by atoms with Crippen LogP contribution >= 0.6 is 0 Å². The van der Waals surface area contributed by atoms with Gasteiger partial charge in [-0.3, -0.25) is 0 Å². The largest absolute Gasteiger partial charge is 0.309 e. The molecule has 0 saturated carbocycles. The monoisotopic (exact) mass is 1860 g/mol. The SMILES string of the molecule is CC(C)c1ccc2c(c1)c1ccccc1n2-c1ccccc1.CC(C)c1ccc2c3ccccc3n(-c3ccccc3)c2c1.CC(C)c1cccc2c1-c1ccccc1C21c2ccccc2-c2ccccc21.CC(C)c1cccc2c1C1(c3ccccc3-c3ccccc31)c1ccccc1-2.CC(C)c1cccc2c1c1ccccc1n2-c1ccccc1.CC(C)c1cccc2c3ccccc3n(-c3ccccc3)c12. The minimum Gasteiger partial charge on any atom is -0.309 e. The van der Waals surface area contributed by atoms with E-state index in [9.17, 15) is 0 Å². The van der Waals surface area contributed by atoms with E-state index in [0.29, 0.717) is 35.5 Å². The van der Waals surface area contributed by atoms with Crippen LogP contribution in [0.2, 0.25) is 0 Å². The van der Waals surface area contributed by atoms with E-state index in [1.165, 1.54) is 232 Å². The summed E-state index contributed by atoms with van der Waals surface area (Å²) in [4.78, 5) is 0. The molecule has 2 spiro atoms. The number of benzene rings is 20. The highest BCUT2D eigenvalue weighted by molar-refractivity contribution is 6.14. The lowest BCUT2D eigenvalue weighted by molar-refractivity contribution is 0.750. The third kappa shape index (κ3) is 15.1. The quantitative estimate of drug-likeness (QED) is 0.130. The molecule has 0 unspecified atom stereocenters. The summed E-state index contributed by atoms with van der Waals surface area (Å²) in [7, 11) is 0. The van der Waals surface area contributed by atoms with Crippen molar-refractivity contribution in [1.82, 2.24) is 18.3 Å². The second kappa shape index (κ2) is 37.9. The lowest BCUT2D eigenvalue weighted by atomic mass is 9.68. The Bertz CT molecular complexity index is 8780. The molecule has 4 aromatic heterocycles. The van der Waals surface area contributed by atoms with Crippen molar-refractivity contribution in [2.24, 2.45) is 0 Å². The van der Waals surface area contributed by atoms with Crippen molar-refractivity contribution in [3.8, 4) is 67.3 Å². The summed E-state index contributed by atoms with van der Waals surface area (Å²) in [6, 6.07) is 172. The average Bonchev–Trinajstić information content (AvgIpc) is 1.50. The number of hydrogen-bond acceptors (Lipinski definition) is 0. The van der Waals surface area contributed by atoms with Crippen LogP contribution in [0.4, 0.5) is 0 Å². The van der Waals surface area contributed by atoms with Crippen molar-refractivity contribution in [3.63, 3.8) is 0 Å². The molecular formula is C140H120N4. The van der Waals surface area contributed by atoms with Crippen LogP contribution in [0.1, 0.15) is 196 Å². The van der Waals surface area contributed by atoms with Crippen LogP contribution in [0.25, 0.3) is 154 Å². The van der Waals surface area contributed by atoms with E-state index in [-0.39, 0.29) is 10.8 Å². The maximum Gasteiger partial charge on any atom is 0.0728 e. The number of hydrogen-bond donors (Lipinski definition) is 0. The maximum absolute atomic E-state index is 2.40.